The Morgan fingerprint density at radius 3 is 2.78 bits per heavy atom. The molecular weight excluding hydrogens is 315 g/mol. The van der Waals surface area contributed by atoms with Crippen LogP contribution in [0.25, 0.3) is 10.4 Å². The first-order chi connectivity index (χ1) is 8.58. The minimum atomic E-state index is -0.297. The minimum absolute atomic E-state index is 0.297. The summed E-state index contributed by atoms with van der Waals surface area (Å²) in [6.07, 6.45) is 0.739. The highest BCUT2D eigenvalue weighted by Gasteiger charge is 2.17. The van der Waals surface area contributed by atoms with Crippen molar-refractivity contribution in [1.29, 1.82) is 5.26 Å². The maximum Gasteiger partial charge on any atom is 0.128 e. The molecule has 1 heterocycles. The second-order valence-corrected chi connectivity index (χ2v) is 5.62. The number of benzene rings is 1. The zero-order valence-corrected chi connectivity index (χ0v) is 12.0. The molecule has 0 spiro atoms. The van der Waals surface area contributed by atoms with Gasteiger partial charge in [-0.05, 0) is 30.2 Å². The molecule has 18 heavy (non-hydrogen) atoms. The third-order valence-electron chi connectivity index (χ3n) is 2.68. The van der Waals surface area contributed by atoms with Gasteiger partial charge in [0, 0.05) is 14.9 Å². The summed E-state index contributed by atoms with van der Waals surface area (Å²) in [5.41, 5.74) is 8.29. The molecule has 0 atom stereocenters. The summed E-state index contributed by atoms with van der Waals surface area (Å²) in [5.74, 6) is -0.297. The topological polar surface area (TPSA) is 49.8 Å². The van der Waals surface area contributed by atoms with Gasteiger partial charge in [-0.15, -0.1) is 11.3 Å². The molecule has 2 N–H and O–H groups in total. The van der Waals surface area contributed by atoms with E-state index in [1.807, 2.05) is 6.92 Å². The molecule has 0 amide bonds. The van der Waals surface area contributed by atoms with Gasteiger partial charge in [0.15, 0.2) is 0 Å². The number of nitriles is 1. The van der Waals surface area contributed by atoms with Crippen LogP contribution in [0.1, 0.15) is 17.4 Å². The average molecular weight is 325 g/mol. The molecule has 0 bridgehead atoms. The lowest BCUT2D eigenvalue weighted by atomic mass is 10.1. The summed E-state index contributed by atoms with van der Waals surface area (Å²) >= 11 is 4.69. The van der Waals surface area contributed by atoms with Gasteiger partial charge in [-0.1, -0.05) is 22.9 Å². The van der Waals surface area contributed by atoms with Gasteiger partial charge >= 0.3 is 0 Å². The lowest BCUT2D eigenvalue weighted by Crippen LogP contribution is -1.92. The highest BCUT2D eigenvalue weighted by Crippen LogP contribution is 2.41. The fraction of sp³-hybridized carbons (Fsp3) is 0.154. The molecule has 2 nitrogen and oxygen atoms in total. The maximum atomic E-state index is 13.1. The van der Waals surface area contributed by atoms with Gasteiger partial charge in [0.2, 0.25) is 0 Å². The summed E-state index contributed by atoms with van der Waals surface area (Å²) in [6.45, 7) is 1.99. The SMILES string of the molecule is CCc1c(-c2ccc(F)cc2Br)sc(C#N)c1N. The van der Waals surface area contributed by atoms with Crippen LogP contribution in [0.4, 0.5) is 10.1 Å². The highest BCUT2D eigenvalue weighted by molar-refractivity contribution is 9.10. The fourth-order valence-electron chi connectivity index (χ4n) is 1.80. The lowest BCUT2D eigenvalue weighted by molar-refractivity contribution is 0.627. The average Bonchev–Trinajstić information content (AvgIpc) is 2.65. The van der Waals surface area contributed by atoms with Gasteiger partial charge in [-0.25, -0.2) is 4.39 Å². The predicted octanol–water partition coefficient (Wildman–Crippen LogP) is 4.33. The molecule has 0 saturated heterocycles. The van der Waals surface area contributed by atoms with Gasteiger partial charge in [0.1, 0.15) is 16.8 Å². The summed E-state index contributed by atoms with van der Waals surface area (Å²) < 4.78 is 13.8. The van der Waals surface area contributed by atoms with Crippen LogP contribution in [-0.4, -0.2) is 0 Å². The molecule has 0 aliphatic rings. The maximum absolute atomic E-state index is 13.1. The normalized spacial score (nSPS) is 10.3. The number of hydrogen-bond acceptors (Lipinski definition) is 3. The Bertz CT molecular complexity index is 643. The first-order valence-corrected chi connectivity index (χ1v) is 6.96. The summed E-state index contributed by atoms with van der Waals surface area (Å²) in [5, 5.41) is 9.02. The molecular formula is C13H10BrFN2S. The van der Waals surface area contributed by atoms with Crippen molar-refractivity contribution in [2.24, 2.45) is 0 Å². The van der Waals surface area contributed by atoms with E-state index in [1.165, 1.54) is 23.5 Å². The van der Waals surface area contributed by atoms with Crippen molar-refractivity contribution < 1.29 is 4.39 Å². The molecule has 0 aliphatic heterocycles. The third-order valence-corrected chi connectivity index (χ3v) is 4.52. The summed E-state index contributed by atoms with van der Waals surface area (Å²) in [7, 11) is 0. The van der Waals surface area contributed by atoms with Crippen molar-refractivity contribution >= 4 is 33.0 Å². The van der Waals surface area contributed by atoms with Crippen LogP contribution in [-0.2, 0) is 6.42 Å². The molecule has 1 aromatic heterocycles. The smallest absolute Gasteiger partial charge is 0.128 e. The lowest BCUT2D eigenvalue weighted by Gasteiger charge is -2.05. The number of nitrogens with zero attached hydrogens (tertiary/aromatic N) is 1. The second-order valence-electron chi connectivity index (χ2n) is 3.74. The number of nitrogen functional groups attached to an aromatic ring is 1. The Labute approximate surface area is 117 Å². The van der Waals surface area contributed by atoms with E-state index >= 15 is 0 Å². The van der Waals surface area contributed by atoms with Gasteiger partial charge in [0.25, 0.3) is 0 Å². The largest absolute Gasteiger partial charge is 0.397 e. The molecule has 0 radical (unpaired) electrons. The number of nitrogens with two attached hydrogens (primary N) is 1. The first kappa shape index (κ1) is 13.1. The Morgan fingerprint density at radius 1 is 1.50 bits per heavy atom. The van der Waals surface area contributed by atoms with Crippen LogP contribution in [0, 0.1) is 17.1 Å². The highest BCUT2D eigenvalue weighted by atomic mass is 79.9. The zero-order chi connectivity index (χ0) is 13.3. The third kappa shape index (κ3) is 2.14. The first-order valence-electron chi connectivity index (χ1n) is 5.35. The van der Waals surface area contributed by atoms with Crippen molar-refractivity contribution in [2.75, 3.05) is 5.73 Å². The summed E-state index contributed by atoms with van der Waals surface area (Å²) in [4.78, 5) is 1.44. The quantitative estimate of drug-likeness (QED) is 0.893. The van der Waals surface area contributed by atoms with Crippen molar-refractivity contribution in [1.82, 2.24) is 0 Å². The van der Waals surface area contributed by atoms with Crippen molar-refractivity contribution in [2.45, 2.75) is 13.3 Å². The van der Waals surface area contributed by atoms with Gasteiger partial charge in [-0.3, -0.25) is 0 Å². The molecule has 92 valence electrons. The second kappa shape index (κ2) is 5.09. The number of halogens is 2. The Morgan fingerprint density at radius 2 is 2.22 bits per heavy atom. The number of thiophene rings is 1. The van der Waals surface area contributed by atoms with E-state index in [0.29, 0.717) is 15.0 Å². The van der Waals surface area contributed by atoms with E-state index < -0.39 is 0 Å². The van der Waals surface area contributed by atoms with E-state index in [4.69, 9.17) is 11.0 Å². The van der Waals surface area contributed by atoms with Crippen LogP contribution in [0.2, 0.25) is 0 Å². The summed E-state index contributed by atoms with van der Waals surface area (Å²) in [6, 6.07) is 6.61. The van der Waals surface area contributed by atoms with E-state index in [2.05, 4.69) is 22.0 Å². The Hall–Kier alpha value is -1.38. The van der Waals surface area contributed by atoms with Crippen LogP contribution in [0.5, 0.6) is 0 Å². The number of hydrogen-bond donors (Lipinski definition) is 1. The monoisotopic (exact) mass is 324 g/mol. The molecule has 0 aliphatic carbocycles. The van der Waals surface area contributed by atoms with Gasteiger partial charge in [0.05, 0.1) is 5.69 Å². The standard InChI is InChI=1S/C13H10BrFN2S/c1-2-8-12(17)11(6-16)18-13(8)9-4-3-7(15)5-10(9)14/h3-5H,2,17H2,1H3. The number of anilines is 1. The van der Waals surface area contributed by atoms with Crippen LogP contribution < -0.4 is 5.73 Å². The van der Waals surface area contributed by atoms with E-state index in [9.17, 15) is 4.39 Å². The van der Waals surface area contributed by atoms with Crippen molar-refractivity contribution in [3.8, 4) is 16.5 Å². The van der Waals surface area contributed by atoms with Crippen molar-refractivity contribution in [3.05, 3.63) is 38.9 Å². The van der Waals surface area contributed by atoms with E-state index in [-0.39, 0.29) is 5.82 Å². The van der Waals surface area contributed by atoms with E-state index in [1.54, 1.807) is 6.07 Å². The molecule has 0 saturated carbocycles. The minimum Gasteiger partial charge on any atom is -0.397 e. The molecule has 2 aromatic rings. The predicted molar refractivity (Wildman–Crippen MR) is 75.9 cm³/mol. The number of rotatable bonds is 2. The van der Waals surface area contributed by atoms with Crippen LogP contribution >= 0.6 is 27.3 Å². The molecule has 0 fully saturated rings. The molecule has 5 heteroatoms. The molecule has 2 rings (SSSR count). The van der Waals surface area contributed by atoms with Gasteiger partial charge < -0.3 is 5.73 Å². The fourth-order valence-corrected chi connectivity index (χ4v) is 3.63. The van der Waals surface area contributed by atoms with E-state index in [0.717, 1.165) is 22.4 Å². The molecule has 1 aromatic carbocycles. The zero-order valence-electron chi connectivity index (χ0n) is 9.63. The molecule has 0 unspecified atom stereocenters. The van der Waals surface area contributed by atoms with Crippen LogP contribution in [0.3, 0.4) is 0 Å². The Kier molecular flexibility index (Phi) is 3.69. The Balaban J connectivity index is 2.68. The van der Waals surface area contributed by atoms with Gasteiger partial charge in [-0.2, -0.15) is 5.26 Å². The van der Waals surface area contributed by atoms with Crippen LogP contribution in [0.15, 0.2) is 22.7 Å². The van der Waals surface area contributed by atoms with Crippen molar-refractivity contribution in [3.63, 3.8) is 0 Å².